The smallest absolute Gasteiger partial charge is 0.201 e. The number of hydrogen-bond donors (Lipinski definition) is 0. The van der Waals surface area contributed by atoms with Gasteiger partial charge in [-0.15, -0.1) is 0 Å². The summed E-state index contributed by atoms with van der Waals surface area (Å²) in [5.74, 6) is 1.01. The second-order valence-corrected chi connectivity index (χ2v) is 4.94. The third-order valence-electron chi connectivity index (χ3n) is 3.17. The molecule has 0 radical (unpaired) electrons. The molecule has 2 rings (SSSR count). The van der Waals surface area contributed by atoms with E-state index in [0.29, 0.717) is 22.1 Å². The molecule has 0 unspecified atom stereocenters. The molecule has 0 spiro atoms. The molecule has 0 saturated heterocycles. The molecule has 0 amide bonds. The first-order chi connectivity index (χ1) is 10.2. The lowest BCUT2D eigenvalue weighted by Crippen LogP contribution is -2.12. The highest BCUT2D eigenvalue weighted by molar-refractivity contribution is 6.34. The van der Waals surface area contributed by atoms with Crippen molar-refractivity contribution in [1.29, 1.82) is 0 Å². The molecule has 0 aliphatic heterocycles. The Bertz CT molecular complexity index is 638. The van der Waals surface area contributed by atoms with Crippen molar-refractivity contribution in [2.24, 2.45) is 0 Å². The van der Waals surface area contributed by atoms with Gasteiger partial charge in [-0.3, -0.25) is 4.79 Å². The van der Waals surface area contributed by atoms with Crippen LogP contribution in [0, 0.1) is 0 Å². The zero-order valence-corrected chi connectivity index (χ0v) is 12.8. The maximum Gasteiger partial charge on any atom is 0.201 e. The normalized spacial score (nSPS) is 10.2. The summed E-state index contributed by atoms with van der Waals surface area (Å²) in [6.07, 6.45) is 0.912. The van der Waals surface area contributed by atoms with Crippen LogP contribution in [0.1, 0.15) is 22.8 Å². The van der Waals surface area contributed by atoms with Crippen LogP contribution in [-0.4, -0.2) is 19.5 Å². The van der Waals surface area contributed by atoms with Gasteiger partial charge in [0.05, 0.1) is 12.1 Å². The Kier molecular flexibility index (Phi) is 5.23. The predicted molar refractivity (Wildman–Crippen MR) is 83.6 cm³/mol. The van der Waals surface area contributed by atoms with Gasteiger partial charge < -0.3 is 9.47 Å². The van der Waals surface area contributed by atoms with Gasteiger partial charge in [0.15, 0.2) is 18.1 Å². The van der Waals surface area contributed by atoms with Gasteiger partial charge in [0.1, 0.15) is 0 Å². The zero-order valence-electron chi connectivity index (χ0n) is 12.1. The van der Waals surface area contributed by atoms with Gasteiger partial charge in [0.2, 0.25) is 5.78 Å². The Morgan fingerprint density at radius 3 is 2.57 bits per heavy atom. The Balaban J connectivity index is 2.10. The molecule has 0 aromatic heterocycles. The van der Waals surface area contributed by atoms with Crippen molar-refractivity contribution in [3.63, 3.8) is 0 Å². The molecule has 0 atom stereocenters. The van der Waals surface area contributed by atoms with Crippen LogP contribution in [0.4, 0.5) is 0 Å². The summed E-state index contributed by atoms with van der Waals surface area (Å²) in [6, 6.07) is 12.6. The highest BCUT2D eigenvalue weighted by Gasteiger charge is 2.12. The number of carbonyl (C=O) groups excluding carboxylic acids is 1. The van der Waals surface area contributed by atoms with E-state index in [9.17, 15) is 4.79 Å². The third-order valence-corrected chi connectivity index (χ3v) is 3.50. The van der Waals surface area contributed by atoms with Gasteiger partial charge in [0.25, 0.3) is 0 Å². The second kappa shape index (κ2) is 7.14. The lowest BCUT2D eigenvalue weighted by atomic mass is 10.1. The van der Waals surface area contributed by atoms with Crippen molar-refractivity contribution >= 4 is 17.4 Å². The van der Waals surface area contributed by atoms with Crippen LogP contribution in [0.15, 0.2) is 42.5 Å². The van der Waals surface area contributed by atoms with E-state index >= 15 is 0 Å². The Morgan fingerprint density at radius 1 is 1.14 bits per heavy atom. The quantitative estimate of drug-likeness (QED) is 0.751. The first kappa shape index (κ1) is 15.4. The Morgan fingerprint density at radius 2 is 1.90 bits per heavy atom. The minimum absolute atomic E-state index is 0.0778. The number of rotatable bonds is 6. The minimum atomic E-state index is -0.165. The number of Topliss-reactive ketones (excluding diaryl/α,β-unsaturated/α-hetero) is 1. The van der Waals surface area contributed by atoms with Crippen molar-refractivity contribution < 1.29 is 14.3 Å². The third kappa shape index (κ3) is 3.76. The summed E-state index contributed by atoms with van der Waals surface area (Å²) in [7, 11) is 1.58. The van der Waals surface area contributed by atoms with Crippen molar-refractivity contribution in [1.82, 2.24) is 0 Å². The summed E-state index contributed by atoms with van der Waals surface area (Å²) in [6.45, 7) is 1.99. The molecule has 0 fully saturated rings. The topological polar surface area (TPSA) is 35.5 Å². The maximum atomic E-state index is 12.1. The number of carbonyl (C=O) groups is 1. The van der Waals surface area contributed by atoms with E-state index in [-0.39, 0.29) is 12.4 Å². The van der Waals surface area contributed by atoms with Crippen LogP contribution in [0.5, 0.6) is 11.5 Å². The van der Waals surface area contributed by atoms with E-state index in [2.05, 4.69) is 6.92 Å². The highest BCUT2D eigenvalue weighted by atomic mass is 35.5. The number of ketones is 1. The molecule has 4 heteroatoms. The van der Waals surface area contributed by atoms with E-state index < -0.39 is 0 Å². The molecular formula is C17H17ClO3. The van der Waals surface area contributed by atoms with Crippen LogP contribution < -0.4 is 9.47 Å². The van der Waals surface area contributed by atoms with Crippen LogP contribution in [-0.2, 0) is 6.42 Å². The molecule has 0 bridgehead atoms. The molecule has 2 aromatic rings. The van der Waals surface area contributed by atoms with Gasteiger partial charge in [-0.05, 0) is 36.2 Å². The van der Waals surface area contributed by atoms with Gasteiger partial charge in [-0.25, -0.2) is 0 Å². The summed E-state index contributed by atoms with van der Waals surface area (Å²) >= 11 is 6.00. The predicted octanol–water partition coefficient (Wildman–Crippen LogP) is 4.17. The fourth-order valence-electron chi connectivity index (χ4n) is 1.96. The molecular weight excluding hydrogens is 288 g/mol. The fraction of sp³-hybridized carbons (Fsp3) is 0.235. The monoisotopic (exact) mass is 304 g/mol. The van der Waals surface area contributed by atoms with Gasteiger partial charge in [-0.2, -0.15) is 0 Å². The number of aryl methyl sites for hydroxylation is 1. The van der Waals surface area contributed by atoms with Crippen molar-refractivity contribution in [2.45, 2.75) is 13.3 Å². The van der Waals surface area contributed by atoms with E-state index in [1.807, 2.05) is 18.2 Å². The van der Waals surface area contributed by atoms with E-state index in [1.54, 1.807) is 31.4 Å². The SMILES string of the molecule is CCc1ccc(OCC(=O)c2ccccc2Cl)c(OC)c1. The molecule has 3 nitrogen and oxygen atoms in total. The van der Waals surface area contributed by atoms with E-state index in [0.717, 1.165) is 12.0 Å². The molecule has 0 N–H and O–H groups in total. The average molecular weight is 305 g/mol. The van der Waals surface area contributed by atoms with Crippen LogP contribution in [0.25, 0.3) is 0 Å². The largest absolute Gasteiger partial charge is 0.493 e. The number of benzene rings is 2. The van der Waals surface area contributed by atoms with Crippen LogP contribution in [0.2, 0.25) is 5.02 Å². The maximum absolute atomic E-state index is 12.1. The number of methoxy groups -OCH3 is 1. The minimum Gasteiger partial charge on any atom is -0.493 e. The molecule has 0 saturated carbocycles. The van der Waals surface area contributed by atoms with Gasteiger partial charge >= 0.3 is 0 Å². The molecule has 0 heterocycles. The van der Waals surface area contributed by atoms with E-state index in [4.69, 9.17) is 21.1 Å². The van der Waals surface area contributed by atoms with Crippen LogP contribution >= 0.6 is 11.6 Å². The molecule has 0 aliphatic rings. The van der Waals surface area contributed by atoms with Crippen LogP contribution in [0.3, 0.4) is 0 Å². The molecule has 110 valence electrons. The Hall–Kier alpha value is -2.00. The van der Waals surface area contributed by atoms with E-state index in [1.165, 1.54) is 0 Å². The standard InChI is InChI=1S/C17H17ClO3/c1-3-12-8-9-16(17(10-12)20-2)21-11-15(19)13-6-4-5-7-14(13)18/h4-10H,3,11H2,1-2H3. The zero-order chi connectivity index (χ0) is 15.2. The first-order valence-electron chi connectivity index (χ1n) is 6.73. The fourth-order valence-corrected chi connectivity index (χ4v) is 2.20. The number of hydrogen-bond acceptors (Lipinski definition) is 3. The summed E-state index contributed by atoms with van der Waals surface area (Å²) in [4.78, 5) is 12.1. The lowest BCUT2D eigenvalue weighted by molar-refractivity contribution is 0.0919. The first-order valence-corrected chi connectivity index (χ1v) is 7.11. The van der Waals surface area contributed by atoms with Gasteiger partial charge in [0, 0.05) is 5.56 Å². The summed E-state index contributed by atoms with van der Waals surface area (Å²) in [5, 5.41) is 0.430. The molecule has 0 aliphatic carbocycles. The van der Waals surface area contributed by atoms with Gasteiger partial charge in [-0.1, -0.05) is 36.7 Å². The number of ether oxygens (including phenoxy) is 2. The van der Waals surface area contributed by atoms with Crippen molar-refractivity contribution in [3.05, 3.63) is 58.6 Å². The lowest BCUT2D eigenvalue weighted by Gasteiger charge is -2.11. The number of halogens is 1. The Labute approximate surface area is 129 Å². The summed E-state index contributed by atoms with van der Waals surface area (Å²) in [5.41, 5.74) is 1.61. The van der Waals surface area contributed by atoms with Crippen molar-refractivity contribution in [2.75, 3.05) is 13.7 Å². The second-order valence-electron chi connectivity index (χ2n) is 4.53. The highest BCUT2D eigenvalue weighted by Crippen LogP contribution is 2.28. The molecule has 21 heavy (non-hydrogen) atoms. The van der Waals surface area contributed by atoms with Crippen molar-refractivity contribution in [3.8, 4) is 11.5 Å². The summed E-state index contributed by atoms with van der Waals surface area (Å²) < 4.78 is 10.9. The molecule has 2 aromatic carbocycles. The average Bonchev–Trinajstić information content (AvgIpc) is 2.52.